The summed E-state index contributed by atoms with van der Waals surface area (Å²) in [5.41, 5.74) is 0. The molecule has 1 rings (SSSR count). The predicted octanol–water partition coefficient (Wildman–Crippen LogP) is 2.87. The number of halogens is 1. The highest BCUT2D eigenvalue weighted by Crippen LogP contribution is 2.18. The van der Waals surface area contributed by atoms with Crippen molar-refractivity contribution in [3.8, 4) is 0 Å². The number of rotatable bonds is 5. The summed E-state index contributed by atoms with van der Waals surface area (Å²) in [4.78, 5) is 11.5. The fourth-order valence-electron chi connectivity index (χ4n) is 0.996. The maximum atomic E-state index is 12.6. The van der Waals surface area contributed by atoms with Gasteiger partial charge in [-0.3, -0.25) is 4.79 Å². The van der Waals surface area contributed by atoms with Crippen LogP contribution >= 0.6 is 11.8 Å². The van der Waals surface area contributed by atoms with Gasteiger partial charge in [0.05, 0.1) is 6.61 Å². The lowest BCUT2D eigenvalue weighted by Crippen LogP contribution is -2.01. The third kappa shape index (κ3) is 5.42. The van der Waals surface area contributed by atoms with E-state index in [0.29, 0.717) is 6.61 Å². The molecule has 0 amide bonds. The van der Waals surface area contributed by atoms with Crippen molar-refractivity contribution in [2.45, 2.75) is 18.2 Å². The normalized spacial score (nSPS) is 10.0. The van der Waals surface area contributed by atoms with E-state index in [-0.39, 0.29) is 11.8 Å². The summed E-state index contributed by atoms with van der Waals surface area (Å²) in [7, 11) is 0. The zero-order chi connectivity index (χ0) is 11.1. The smallest absolute Gasteiger partial charge is 0.302 e. The molecule has 2 nitrogen and oxygen atoms in total. The molecule has 0 radical (unpaired) electrons. The first-order valence-electron chi connectivity index (χ1n) is 4.70. The topological polar surface area (TPSA) is 26.3 Å². The van der Waals surface area contributed by atoms with Crippen molar-refractivity contribution in [1.82, 2.24) is 0 Å². The fourth-order valence-corrected chi connectivity index (χ4v) is 1.82. The van der Waals surface area contributed by atoms with E-state index in [0.717, 1.165) is 17.1 Å². The van der Waals surface area contributed by atoms with Crippen LogP contribution in [0, 0.1) is 5.82 Å². The van der Waals surface area contributed by atoms with Gasteiger partial charge >= 0.3 is 5.97 Å². The number of benzene rings is 1. The second kappa shape index (κ2) is 6.45. The lowest BCUT2D eigenvalue weighted by Gasteiger charge is -2.02. The number of hydrogen-bond acceptors (Lipinski definition) is 3. The summed E-state index contributed by atoms with van der Waals surface area (Å²) in [6, 6.07) is 6.36. The minimum atomic E-state index is -0.248. The molecule has 4 heteroatoms. The molecule has 0 saturated carbocycles. The average molecular weight is 228 g/mol. The molecule has 0 aliphatic rings. The van der Waals surface area contributed by atoms with Crippen LogP contribution in [-0.4, -0.2) is 18.3 Å². The van der Waals surface area contributed by atoms with E-state index in [9.17, 15) is 9.18 Å². The van der Waals surface area contributed by atoms with Crippen LogP contribution < -0.4 is 0 Å². The number of carbonyl (C=O) groups is 1. The Kier molecular flexibility index (Phi) is 5.18. The lowest BCUT2D eigenvalue weighted by atomic mass is 10.4. The van der Waals surface area contributed by atoms with Crippen molar-refractivity contribution in [1.29, 1.82) is 0 Å². The molecule has 0 aromatic heterocycles. The van der Waals surface area contributed by atoms with E-state index in [1.54, 1.807) is 23.9 Å². The van der Waals surface area contributed by atoms with Crippen LogP contribution in [0.1, 0.15) is 13.3 Å². The second-order valence-electron chi connectivity index (χ2n) is 3.00. The number of thioether (sulfide) groups is 1. The van der Waals surface area contributed by atoms with Gasteiger partial charge in [0.15, 0.2) is 0 Å². The van der Waals surface area contributed by atoms with Gasteiger partial charge in [0, 0.05) is 17.6 Å². The summed E-state index contributed by atoms with van der Waals surface area (Å²) < 4.78 is 17.3. The molecule has 0 fully saturated rings. The van der Waals surface area contributed by atoms with Gasteiger partial charge in [-0.25, -0.2) is 4.39 Å². The Bertz CT molecular complexity index is 311. The quantitative estimate of drug-likeness (QED) is 0.440. The van der Waals surface area contributed by atoms with Crippen molar-refractivity contribution in [2.24, 2.45) is 0 Å². The zero-order valence-corrected chi connectivity index (χ0v) is 9.35. The Hall–Kier alpha value is -1.03. The molecule has 0 N–H and O–H groups in total. The summed E-state index contributed by atoms with van der Waals surface area (Å²) in [6.45, 7) is 1.84. The summed E-state index contributed by atoms with van der Waals surface area (Å²) in [5.74, 6) is 0.389. The number of ether oxygens (including phenoxy) is 1. The van der Waals surface area contributed by atoms with Crippen LogP contribution in [-0.2, 0) is 9.53 Å². The van der Waals surface area contributed by atoms with Crippen molar-refractivity contribution in [2.75, 3.05) is 12.4 Å². The lowest BCUT2D eigenvalue weighted by molar-refractivity contribution is -0.140. The summed E-state index contributed by atoms with van der Waals surface area (Å²) >= 11 is 1.62. The molecule has 0 heterocycles. The summed E-state index contributed by atoms with van der Waals surface area (Å²) in [5, 5.41) is 0. The van der Waals surface area contributed by atoms with Gasteiger partial charge in [-0.15, -0.1) is 11.8 Å². The number of hydrogen-bond donors (Lipinski definition) is 0. The highest BCUT2D eigenvalue weighted by atomic mass is 32.2. The molecule has 82 valence electrons. The van der Waals surface area contributed by atoms with Crippen LogP contribution in [0.3, 0.4) is 0 Å². The van der Waals surface area contributed by atoms with E-state index in [1.165, 1.54) is 19.1 Å². The first-order chi connectivity index (χ1) is 7.18. The molecule has 0 aliphatic carbocycles. The van der Waals surface area contributed by atoms with Crippen LogP contribution in [0.2, 0.25) is 0 Å². The Morgan fingerprint density at radius 1 is 1.40 bits per heavy atom. The number of carbonyl (C=O) groups excluding carboxylic acids is 1. The molecular weight excluding hydrogens is 215 g/mol. The third-order valence-electron chi connectivity index (χ3n) is 1.68. The molecular formula is C11H13FO2S. The molecule has 0 atom stereocenters. The third-order valence-corrected chi connectivity index (χ3v) is 2.77. The Balaban J connectivity index is 2.15. The molecule has 0 aliphatic heterocycles. The van der Waals surface area contributed by atoms with Crippen LogP contribution in [0.25, 0.3) is 0 Å². The minimum absolute atomic E-state index is 0.223. The van der Waals surface area contributed by atoms with E-state index >= 15 is 0 Å². The first kappa shape index (κ1) is 12.0. The minimum Gasteiger partial charge on any atom is -0.466 e. The van der Waals surface area contributed by atoms with Crippen molar-refractivity contribution in [3.05, 3.63) is 30.1 Å². The highest BCUT2D eigenvalue weighted by Gasteiger charge is 1.96. The standard InChI is InChI=1S/C11H13FO2S/c1-9(13)14-7-2-8-15-11-5-3-10(12)4-6-11/h3-6H,2,7-8H2,1H3. The predicted molar refractivity (Wildman–Crippen MR) is 58.4 cm³/mol. The van der Waals surface area contributed by atoms with E-state index in [2.05, 4.69) is 0 Å². The van der Waals surface area contributed by atoms with Gasteiger partial charge in [-0.2, -0.15) is 0 Å². The molecule has 15 heavy (non-hydrogen) atoms. The van der Waals surface area contributed by atoms with Crippen LogP contribution in [0.4, 0.5) is 4.39 Å². The van der Waals surface area contributed by atoms with Crippen LogP contribution in [0.5, 0.6) is 0 Å². The molecule has 0 spiro atoms. The maximum absolute atomic E-state index is 12.6. The summed E-state index contributed by atoms with van der Waals surface area (Å²) in [6.07, 6.45) is 0.807. The number of esters is 1. The van der Waals surface area contributed by atoms with Gasteiger partial charge in [-0.05, 0) is 30.7 Å². The second-order valence-corrected chi connectivity index (χ2v) is 4.16. The maximum Gasteiger partial charge on any atom is 0.302 e. The Morgan fingerprint density at radius 2 is 2.07 bits per heavy atom. The van der Waals surface area contributed by atoms with E-state index < -0.39 is 0 Å². The largest absolute Gasteiger partial charge is 0.466 e. The van der Waals surface area contributed by atoms with Crippen molar-refractivity contribution in [3.63, 3.8) is 0 Å². The van der Waals surface area contributed by atoms with Crippen molar-refractivity contribution < 1.29 is 13.9 Å². The van der Waals surface area contributed by atoms with Gasteiger partial charge in [-0.1, -0.05) is 0 Å². The molecule has 0 bridgehead atoms. The average Bonchev–Trinajstić information content (AvgIpc) is 2.20. The van der Waals surface area contributed by atoms with Gasteiger partial charge in [0.25, 0.3) is 0 Å². The Morgan fingerprint density at radius 3 is 2.67 bits per heavy atom. The van der Waals surface area contributed by atoms with E-state index in [4.69, 9.17) is 4.74 Å². The van der Waals surface area contributed by atoms with E-state index in [1.807, 2.05) is 0 Å². The molecule has 1 aromatic rings. The van der Waals surface area contributed by atoms with Gasteiger partial charge in [0.1, 0.15) is 5.82 Å². The molecule has 0 unspecified atom stereocenters. The Labute approximate surface area is 92.8 Å². The highest BCUT2D eigenvalue weighted by molar-refractivity contribution is 7.99. The van der Waals surface area contributed by atoms with Crippen molar-refractivity contribution >= 4 is 17.7 Å². The van der Waals surface area contributed by atoms with Crippen LogP contribution in [0.15, 0.2) is 29.2 Å². The SMILES string of the molecule is CC(=O)OCCCSc1ccc(F)cc1. The zero-order valence-electron chi connectivity index (χ0n) is 8.53. The van der Waals surface area contributed by atoms with Gasteiger partial charge in [0.2, 0.25) is 0 Å². The monoisotopic (exact) mass is 228 g/mol. The molecule has 1 aromatic carbocycles. The fraction of sp³-hybridized carbons (Fsp3) is 0.364. The first-order valence-corrected chi connectivity index (χ1v) is 5.69. The van der Waals surface area contributed by atoms with Gasteiger partial charge < -0.3 is 4.74 Å². The molecule has 0 saturated heterocycles.